The second-order valence-corrected chi connectivity index (χ2v) is 17.2. The van der Waals surface area contributed by atoms with Crippen molar-refractivity contribution in [3.63, 3.8) is 0 Å². The number of hydrogen-bond acceptors (Lipinski definition) is 8. The van der Waals surface area contributed by atoms with E-state index in [1.54, 1.807) is 9.80 Å². The van der Waals surface area contributed by atoms with Gasteiger partial charge in [-0.25, -0.2) is 9.59 Å². The van der Waals surface area contributed by atoms with E-state index in [0.29, 0.717) is 51.0 Å². The Labute approximate surface area is 341 Å². The molecular weight excluding hydrogens is 741 g/mol. The van der Waals surface area contributed by atoms with E-state index in [1.807, 2.05) is 45.9 Å². The number of amides is 6. The predicted octanol–water partition coefficient (Wildman–Crippen LogP) is 5.31. The number of methoxy groups -OCH3 is 2. The molecule has 2 aromatic rings. The molecule has 1 saturated carbocycles. The van der Waals surface area contributed by atoms with Gasteiger partial charge in [0.2, 0.25) is 23.6 Å². The summed E-state index contributed by atoms with van der Waals surface area (Å²) in [6, 6.07) is 9.12. The van der Waals surface area contributed by atoms with Crippen LogP contribution in [0.4, 0.5) is 15.3 Å². The summed E-state index contributed by atoms with van der Waals surface area (Å²) in [4.78, 5) is 81.8. The van der Waals surface area contributed by atoms with Gasteiger partial charge < -0.3 is 40.5 Å². The molecule has 314 valence electrons. The predicted molar refractivity (Wildman–Crippen MR) is 218 cm³/mol. The van der Waals surface area contributed by atoms with Gasteiger partial charge in [-0.3, -0.25) is 19.2 Å². The van der Waals surface area contributed by atoms with Gasteiger partial charge in [-0.15, -0.1) is 0 Å². The highest BCUT2D eigenvalue weighted by molar-refractivity contribution is 5.99. The summed E-state index contributed by atoms with van der Waals surface area (Å²) in [6.45, 7) is 8.59. The summed E-state index contributed by atoms with van der Waals surface area (Å²) in [6.07, 6.45) is 7.66. The molecular formula is C44H60N6O8. The van der Waals surface area contributed by atoms with E-state index in [-0.39, 0.29) is 40.9 Å². The summed E-state index contributed by atoms with van der Waals surface area (Å²) in [7, 11) is 2.51. The average molecular weight is 801 g/mol. The third-order valence-corrected chi connectivity index (χ3v) is 12.7. The first kappa shape index (κ1) is 42.5. The topological polar surface area (TPSA) is 175 Å². The van der Waals surface area contributed by atoms with Crippen LogP contribution in [0, 0.1) is 17.3 Å². The molecule has 2 heterocycles. The van der Waals surface area contributed by atoms with Crippen LogP contribution >= 0.6 is 0 Å². The minimum absolute atomic E-state index is 0.186. The maximum Gasteiger partial charge on any atom is 0.407 e. The smallest absolute Gasteiger partial charge is 0.407 e. The number of nitrogens with one attached hydrogen (secondary N) is 4. The molecule has 1 spiro atoms. The van der Waals surface area contributed by atoms with Crippen LogP contribution in [0.2, 0.25) is 0 Å². The molecule has 2 aliphatic carbocycles. The number of alkyl carbamates (subject to hydrolysis) is 2. The Bertz CT molecular complexity index is 1890. The molecule has 58 heavy (non-hydrogen) atoms. The lowest BCUT2D eigenvalue weighted by Crippen LogP contribution is -2.55. The fraction of sp³-hybridized carbons (Fsp3) is 0.591. The summed E-state index contributed by atoms with van der Waals surface area (Å²) in [5.74, 6) is -1.46. The highest BCUT2D eigenvalue weighted by Gasteiger charge is 2.43. The zero-order valence-corrected chi connectivity index (χ0v) is 34.8. The zero-order chi connectivity index (χ0) is 41.7. The van der Waals surface area contributed by atoms with Crippen LogP contribution in [0.3, 0.4) is 0 Å². The van der Waals surface area contributed by atoms with Crippen molar-refractivity contribution in [3.8, 4) is 11.1 Å². The summed E-state index contributed by atoms with van der Waals surface area (Å²) < 4.78 is 9.49. The maximum absolute atomic E-state index is 13.8. The van der Waals surface area contributed by atoms with Crippen LogP contribution in [0.25, 0.3) is 11.1 Å². The van der Waals surface area contributed by atoms with E-state index >= 15 is 0 Å². The van der Waals surface area contributed by atoms with Gasteiger partial charge in [0, 0.05) is 25.3 Å². The number of hydrogen-bond donors (Lipinski definition) is 4. The zero-order valence-electron chi connectivity index (χ0n) is 34.8. The molecule has 3 fully saturated rings. The van der Waals surface area contributed by atoms with Crippen LogP contribution in [-0.4, -0.2) is 97.1 Å². The molecule has 6 rings (SSSR count). The third-order valence-electron chi connectivity index (χ3n) is 12.7. The van der Waals surface area contributed by atoms with Gasteiger partial charge in [0.1, 0.15) is 24.2 Å². The molecule has 14 heteroatoms. The lowest BCUT2D eigenvalue weighted by Gasteiger charge is -2.30. The number of ether oxygens (including phenoxy) is 2. The van der Waals surface area contributed by atoms with Crippen LogP contribution in [-0.2, 0) is 48.0 Å². The Balaban J connectivity index is 1.18. The first-order chi connectivity index (χ1) is 27.8. The average Bonchev–Trinajstić information content (AvgIpc) is 4.04. The fourth-order valence-corrected chi connectivity index (χ4v) is 9.54. The van der Waals surface area contributed by atoms with Crippen molar-refractivity contribution in [2.45, 2.75) is 123 Å². The largest absolute Gasteiger partial charge is 0.453 e. The van der Waals surface area contributed by atoms with Crippen molar-refractivity contribution in [2.75, 3.05) is 32.6 Å². The molecule has 6 amide bonds. The molecule has 4 atom stereocenters. The summed E-state index contributed by atoms with van der Waals surface area (Å²) in [5, 5.41) is 11.5. The first-order valence-electron chi connectivity index (χ1n) is 20.9. The molecule has 0 radical (unpaired) electrons. The maximum atomic E-state index is 13.8. The Morgan fingerprint density at radius 1 is 0.724 bits per heavy atom. The number of carbonyl (C=O) groups is 6. The van der Waals surface area contributed by atoms with Gasteiger partial charge in [-0.1, -0.05) is 64.8 Å². The van der Waals surface area contributed by atoms with Crippen molar-refractivity contribution >= 4 is 41.5 Å². The number of likely N-dealkylation sites (tertiary alicyclic amines) is 2. The molecule has 0 bridgehead atoms. The molecule has 2 aromatic carbocycles. The SMILES string of the molecule is COC(=O)N[C@H](C(=O)N1CCCC1C(=O)Nc1cccc(-c2ccc(CNC(=O)C3CCCN3C(=O)[C@H](NC(=O)OC)C(C)C)c3c2CC2(CCCC2)C3)c1)C(C)C. The molecule has 4 aliphatic rings. The Hall–Kier alpha value is -5.14. The normalized spacial score (nSPS) is 20.5. The Kier molecular flexibility index (Phi) is 13.3. The van der Waals surface area contributed by atoms with Gasteiger partial charge in [-0.2, -0.15) is 0 Å². The van der Waals surface area contributed by atoms with Crippen LogP contribution in [0.1, 0.15) is 95.8 Å². The lowest BCUT2D eigenvalue weighted by atomic mass is 9.83. The number of fused-ring (bicyclic) bond motifs is 1. The van der Waals surface area contributed by atoms with Gasteiger partial charge in [0.25, 0.3) is 0 Å². The first-order valence-corrected chi connectivity index (χ1v) is 20.9. The highest BCUT2D eigenvalue weighted by atomic mass is 16.5. The number of rotatable bonds is 12. The third kappa shape index (κ3) is 9.10. The summed E-state index contributed by atoms with van der Waals surface area (Å²) >= 11 is 0. The van der Waals surface area contributed by atoms with Crippen molar-refractivity contribution in [2.24, 2.45) is 17.3 Å². The van der Waals surface area contributed by atoms with E-state index in [9.17, 15) is 28.8 Å². The van der Waals surface area contributed by atoms with E-state index in [2.05, 4.69) is 39.5 Å². The van der Waals surface area contributed by atoms with Gasteiger partial charge >= 0.3 is 12.2 Å². The molecule has 0 aromatic heterocycles. The fourth-order valence-electron chi connectivity index (χ4n) is 9.54. The van der Waals surface area contributed by atoms with E-state index in [0.717, 1.165) is 42.4 Å². The number of benzene rings is 2. The molecule has 4 N–H and O–H groups in total. The minimum Gasteiger partial charge on any atom is -0.453 e. The second-order valence-electron chi connectivity index (χ2n) is 17.2. The molecule has 14 nitrogen and oxygen atoms in total. The van der Waals surface area contributed by atoms with Crippen molar-refractivity contribution < 1.29 is 38.2 Å². The van der Waals surface area contributed by atoms with Crippen LogP contribution in [0.5, 0.6) is 0 Å². The summed E-state index contributed by atoms with van der Waals surface area (Å²) in [5.41, 5.74) is 6.49. The van der Waals surface area contributed by atoms with Gasteiger partial charge in [0.15, 0.2) is 0 Å². The second kappa shape index (κ2) is 18.2. The van der Waals surface area contributed by atoms with Crippen molar-refractivity contribution in [1.29, 1.82) is 0 Å². The lowest BCUT2D eigenvalue weighted by molar-refractivity contribution is -0.140. The van der Waals surface area contributed by atoms with E-state index in [4.69, 9.17) is 9.47 Å². The Morgan fingerprint density at radius 3 is 1.83 bits per heavy atom. The number of anilines is 1. The van der Waals surface area contributed by atoms with Crippen LogP contribution in [0.15, 0.2) is 36.4 Å². The molecule has 2 unspecified atom stereocenters. The monoisotopic (exact) mass is 800 g/mol. The number of carbonyl (C=O) groups excluding carboxylic acids is 6. The van der Waals surface area contributed by atoms with Gasteiger partial charge in [0.05, 0.1) is 14.2 Å². The molecule has 2 saturated heterocycles. The van der Waals surface area contributed by atoms with Crippen molar-refractivity contribution in [3.05, 3.63) is 53.1 Å². The van der Waals surface area contributed by atoms with E-state index in [1.165, 1.54) is 38.2 Å². The quantitative estimate of drug-likeness (QED) is 0.224. The Morgan fingerprint density at radius 2 is 1.28 bits per heavy atom. The number of nitrogens with zero attached hydrogens (tertiary/aromatic N) is 2. The minimum atomic E-state index is -0.813. The van der Waals surface area contributed by atoms with Crippen LogP contribution < -0.4 is 21.3 Å². The van der Waals surface area contributed by atoms with Gasteiger partial charge in [-0.05, 0) is 109 Å². The van der Waals surface area contributed by atoms with Crippen molar-refractivity contribution in [1.82, 2.24) is 25.8 Å². The molecule has 2 aliphatic heterocycles. The highest BCUT2D eigenvalue weighted by Crippen LogP contribution is 2.51. The standard InChI is InChI=1S/C44H60N6O8/c1-26(2)36(47-42(55)57-5)40(53)49-20-10-14-34(49)38(51)45-25-29-16-17-31(33-24-44(23-32(29)33)18-7-8-19-44)28-12-9-13-30(22-28)46-39(52)35-15-11-21-50(35)41(54)37(27(3)4)48-43(56)58-6/h9,12-13,16-17,22,26-27,34-37H,7-8,10-11,14-15,18-21,23-25H2,1-6H3,(H,45,51)(H,46,52)(H,47,55)(H,48,56)/t34?,35?,36-,37+/m1/s1. The van der Waals surface area contributed by atoms with E-state index < -0.39 is 36.4 Å².